The van der Waals surface area contributed by atoms with Crippen molar-refractivity contribution in [1.29, 1.82) is 0 Å². The summed E-state index contributed by atoms with van der Waals surface area (Å²) in [5.41, 5.74) is 8.05. The SMILES string of the molecule is CN1C2C[C@@H]2C[C@H]1COc1nc(N2CCC(C)(C(N)=O)CC2)c2nc(-c3ccccc3Cl)n(-c3ccc(Cl)cc3)c2n1. The molecule has 4 aromatic rings. The third-order valence-electron chi connectivity index (χ3n) is 9.39. The standard InChI is InChI=1S/C31H33Cl2N7O2/c1-31(29(34)41)11-13-39(14-12-31)27-25-28(37-30(36-27)42-17-21-15-18-16-24(18)38(21)2)40(20-9-7-19(32)8-10-20)26(35-25)22-5-3-4-6-23(22)33/h3-10,18,21,24H,11-17H2,1-2H3,(H2,34,41)/t18-,21-,24?/m0/s1. The van der Waals surface area contributed by atoms with Gasteiger partial charge >= 0.3 is 6.01 Å². The molecule has 2 aromatic heterocycles. The van der Waals surface area contributed by atoms with Gasteiger partial charge in [-0.05, 0) is 75.0 Å². The number of likely N-dealkylation sites (tertiary alicyclic amines) is 1. The molecule has 2 aliphatic heterocycles. The van der Waals surface area contributed by atoms with Gasteiger partial charge in [0.05, 0.1) is 5.02 Å². The van der Waals surface area contributed by atoms with Crippen LogP contribution in [0.1, 0.15) is 32.6 Å². The largest absolute Gasteiger partial charge is 0.462 e. The predicted octanol–water partition coefficient (Wildman–Crippen LogP) is 5.35. The number of benzene rings is 2. The number of aromatic nitrogens is 4. The summed E-state index contributed by atoms with van der Waals surface area (Å²) >= 11 is 13.0. The van der Waals surface area contributed by atoms with Crippen molar-refractivity contribution in [2.75, 3.05) is 31.6 Å². The number of hydrogen-bond donors (Lipinski definition) is 1. The first-order chi connectivity index (χ1) is 20.2. The number of imidazole rings is 1. The van der Waals surface area contributed by atoms with E-state index in [4.69, 9.17) is 48.6 Å². The molecule has 9 nitrogen and oxygen atoms in total. The van der Waals surface area contributed by atoms with E-state index in [9.17, 15) is 4.79 Å². The van der Waals surface area contributed by atoms with Gasteiger partial charge in [0.2, 0.25) is 5.91 Å². The summed E-state index contributed by atoms with van der Waals surface area (Å²) in [5, 5.41) is 1.21. The van der Waals surface area contributed by atoms with E-state index in [1.165, 1.54) is 6.42 Å². The lowest BCUT2D eigenvalue weighted by Crippen LogP contribution is -2.45. The van der Waals surface area contributed by atoms with Gasteiger partial charge in [0, 0.05) is 46.9 Å². The number of primary amides is 1. The Hall–Kier alpha value is -3.40. The first-order valence-electron chi connectivity index (χ1n) is 14.4. The van der Waals surface area contributed by atoms with Crippen LogP contribution in [0.2, 0.25) is 10.0 Å². The second-order valence-corrected chi connectivity index (χ2v) is 12.9. The van der Waals surface area contributed by atoms with Gasteiger partial charge in [-0.1, -0.05) is 42.3 Å². The van der Waals surface area contributed by atoms with Crippen LogP contribution in [0, 0.1) is 11.3 Å². The Morgan fingerprint density at radius 2 is 1.79 bits per heavy atom. The maximum atomic E-state index is 12.2. The predicted molar refractivity (Wildman–Crippen MR) is 164 cm³/mol. The number of piperidine rings is 2. The van der Waals surface area contributed by atoms with Crippen LogP contribution >= 0.6 is 23.2 Å². The molecule has 1 unspecified atom stereocenters. The monoisotopic (exact) mass is 605 g/mol. The van der Waals surface area contributed by atoms with E-state index in [0.29, 0.717) is 83.5 Å². The van der Waals surface area contributed by atoms with Crippen LogP contribution in [-0.2, 0) is 4.79 Å². The minimum atomic E-state index is -0.554. The molecule has 3 aliphatic rings. The summed E-state index contributed by atoms with van der Waals surface area (Å²) in [6, 6.07) is 16.5. The summed E-state index contributed by atoms with van der Waals surface area (Å²) < 4.78 is 8.33. The van der Waals surface area contributed by atoms with E-state index < -0.39 is 5.41 Å². The molecule has 11 heteroatoms. The first-order valence-corrected chi connectivity index (χ1v) is 15.2. The van der Waals surface area contributed by atoms with E-state index in [1.54, 1.807) is 0 Å². The van der Waals surface area contributed by atoms with Gasteiger partial charge in [-0.15, -0.1) is 0 Å². The fraction of sp³-hybridized carbons (Fsp3) is 0.419. The molecule has 0 spiro atoms. The number of likely N-dealkylation sites (N-methyl/N-ethyl adjacent to an activating group) is 1. The molecule has 1 amide bonds. The Kier molecular flexibility index (Phi) is 6.79. The van der Waals surface area contributed by atoms with E-state index in [1.807, 2.05) is 60.0 Å². The quantitative estimate of drug-likeness (QED) is 0.303. The van der Waals surface area contributed by atoms with Gasteiger partial charge in [-0.3, -0.25) is 14.3 Å². The molecule has 0 radical (unpaired) electrons. The van der Waals surface area contributed by atoms with Crippen molar-refractivity contribution < 1.29 is 9.53 Å². The molecular weight excluding hydrogens is 573 g/mol. The smallest absolute Gasteiger partial charge is 0.320 e. The molecule has 2 aromatic carbocycles. The number of carbonyl (C=O) groups is 1. The summed E-state index contributed by atoms with van der Waals surface area (Å²) in [6.07, 6.45) is 3.65. The van der Waals surface area contributed by atoms with Crippen molar-refractivity contribution in [2.45, 2.75) is 44.7 Å². The van der Waals surface area contributed by atoms with Crippen molar-refractivity contribution in [2.24, 2.45) is 17.1 Å². The summed E-state index contributed by atoms with van der Waals surface area (Å²) in [7, 11) is 2.18. The Morgan fingerprint density at radius 1 is 1.05 bits per heavy atom. The fourth-order valence-electron chi connectivity index (χ4n) is 6.45. The van der Waals surface area contributed by atoms with Crippen LogP contribution in [0.5, 0.6) is 6.01 Å². The van der Waals surface area contributed by atoms with Gasteiger partial charge in [-0.2, -0.15) is 9.97 Å². The Morgan fingerprint density at radius 3 is 2.45 bits per heavy atom. The van der Waals surface area contributed by atoms with Crippen molar-refractivity contribution in [3.8, 4) is 23.1 Å². The van der Waals surface area contributed by atoms with Gasteiger partial charge in [0.15, 0.2) is 17.0 Å². The highest BCUT2D eigenvalue weighted by Gasteiger charge is 2.50. The summed E-state index contributed by atoms with van der Waals surface area (Å²) in [5.74, 6) is 1.82. The topological polar surface area (TPSA) is 102 Å². The average molecular weight is 607 g/mol. The van der Waals surface area contributed by atoms with Crippen LogP contribution in [-0.4, -0.2) is 69.2 Å². The van der Waals surface area contributed by atoms with E-state index >= 15 is 0 Å². The highest BCUT2D eigenvalue weighted by atomic mass is 35.5. The number of nitrogens with zero attached hydrogens (tertiary/aromatic N) is 6. The van der Waals surface area contributed by atoms with Crippen LogP contribution < -0.4 is 15.4 Å². The zero-order valence-corrected chi connectivity index (χ0v) is 25.1. The highest BCUT2D eigenvalue weighted by molar-refractivity contribution is 6.33. The molecule has 3 fully saturated rings. The van der Waals surface area contributed by atoms with Gasteiger partial charge in [-0.25, -0.2) is 4.98 Å². The fourth-order valence-corrected chi connectivity index (χ4v) is 6.80. The summed E-state index contributed by atoms with van der Waals surface area (Å²) in [6.45, 7) is 3.66. The van der Waals surface area contributed by atoms with E-state index in [-0.39, 0.29) is 5.91 Å². The van der Waals surface area contributed by atoms with Crippen LogP contribution in [0.25, 0.3) is 28.2 Å². The van der Waals surface area contributed by atoms with Gasteiger partial charge in [0.25, 0.3) is 0 Å². The second kappa shape index (κ2) is 10.4. The average Bonchev–Trinajstić information content (AvgIpc) is 3.55. The maximum absolute atomic E-state index is 12.2. The minimum absolute atomic E-state index is 0.272. The third-order valence-corrected chi connectivity index (χ3v) is 9.97. The van der Waals surface area contributed by atoms with Crippen LogP contribution in [0.4, 0.5) is 5.82 Å². The highest BCUT2D eigenvalue weighted by Crippen LogP contribution is 2.47. The number of hydrogen-bond acceptors (Lipinski definition) is 7. The lowest BCUT2D eigenvalue weighted by atomic mass is 9.80. The van der Waals surface area contributed by atoms with Crippen molar-refractivity contribution in [3.63, 3.8) is 0 Å². The molecule has 4 heterocycles. The number of anilines is 1. The van der Waals surface area contributed by atoms with Crippen LogP contribution in [0.3, 0.4) is 0 Å². The van der Waals surface area contributed by atoms with E-state index in [0.717, 1.165) is 23.6 Å². The molecule has 0 bridgehead atoms. The van der Waals surface area contributed by atoms with Crippen LogP contribution in [0.15, 0.2) is 48.5 Å². The van der Waals surface area contributed by atoms with Gasteiger partial charge < -0.3 is 15.4 Å². The molecule has 3 atom stereocenters. The number of fused-ring (bicyclic) bond motifs is 2. The summed E-state index contributed by atoms with van der Waals surface area (Å²) in [4.78, 5) is 31.8. The molecule has 1 aliphatic carbocycles. The number of ether oxygens (including phenoxy) is 1. The normalized spacial score (nSPS) is 23.2. The number of carbonyl (C=O) groups excluding carboxylic acids is 1. The Balaban J connectivity index is 1.36. The maximum Gasteiger partial charge on any atom is 0.320 e. The molecule has 1 saturated carbocycles. The van der Waals surface area contributed by atoms with Crippen molar-refractivity contribution >= 4 is 46.1 Å². The lowest BCUT2D eigenvalue weighted by Gasteiger charge is -2.37. The van der Waals surface area contributed by atoms with E-state index in [2.05, 4.69) is 16.8 Å². The molecule has 218 valence electrons. The van der Waals surface area contributed by atoms with Crippen molar-refractivity contribution in [1.82, 2.24) is 24.4 Å². The van der Waals surface area contributed by atoms with Crippen molar-refractivity contribution in [3.05, 3.63) is 58.6 Å². The third kappa shape index (κ3) is 4.77. The number of nitrogens with two attached hydrogens (primary N) is 1. The molecule has 2 saturated heterocycles. The molecule has 42 heavy (non-hydrogen) atoms. The molecular formula is C31H33Cl2N7O2. The first kappa shape index (κ1) is 27.4. The zero-order chi connectivity index (χ0) is 29.2. The lowest BCUT2D eigenvalue weighted by molar-refractivity contribution is -0.127. The Bertz CT molecular complexity index is 1670. The molecule has 7 rings (SSSR count). The molecule has 2 N–H and O–H groups in total. The number of rotatable bonds is 7. The minimum Gasteiger partial charge on any atom is -0.462 e. The number of amides is 1. The zero-order valence-electron chi connectivity index (χ0n) is 23.6. The van der Waals surface area contributed by atoms with Gasteiger partial charge in [0.1, 0.15) is 12.4 Å². The number of halogens is 2. The second-order valence-electron chi connectivity index (χ2n) is 12.1. The Labute approximate surface area is 254 Å².